The van der Waals surface area contributed by atoms with Crippen LogP contribution in [0.15, 0.2) is 30.3 Å². The second kappa shape index (κ2) is 15.5. The van der Waals surface area contributed by atoms with Crippen molar-refractivity contribution in [2.45, 2.75) is 57.5 Å². The molecule has 0 bridgehead atoms. The van der Waals surface area contributed by atoms with E-state index in [1.165, 1.54) is 6.92 Å². The molecule has 0 aliphatic carbocycles. The highest BCUT2D eigenvalue weighted by Gasteiger charge is 2.23. The summed E-state index contributed by atoms with van der Waals surface area (Å²) in [5.74, 6) is -0.907. The van der Waals surface area contributed by atoms with E-state index in [1.807, 2.05) is 30.3 Å². The molecule has 0 saturated heterocycles. The molecule has 0 aliphatic heterocycles. The average molecular weight is 446 g/mol. The van der Waals surface area contributed by atoms with Gasteiger partial charge in [0.05, 0.1) is 11.7 Å². The van der Waals surface area contributed by atoms with E-state index in [9.17, 15) is 19.2 Å². The second-order valence-electron chi connectivity index (χ2n) is 7.24. The van der Waals surface area contributed by atoms with Gasteiger partial charge in [-0.2, -0.15) is 0 Å². The van der Waals surface area contributed by atoms with Gasteiger partial charge in [-0.25, -0.2) is 0 Å². The number of carbonyl (C=O) groups is 4. The minimum Gasteiger partial charge on any atom is -0.356 e. The Morgan fingerprint density at radius 3 is 2.26 bits per heavy atom. The molecule has 2 atom stereocenters. The predicted molar refractivity (Wildman–Crippen MR) is 124 cm³/mol. The molecule has 0 fully saturated rings. The van der Waals surface area contributed by atoms with Gasteiger partial charge in [-0.05, 0) is 37.7 Å². The van der Waals surface area contributed by atoms with E-state index >= 15 is 0 Å². The summed E-state index contributed by atoms with van der Waals surface area (Å²) in [5, 5.41) is 7.99. The molecule has 3 amide bonds. The third kappa shape index (κ3) is 12.2. The van der Waals surface area contributed by atoms with Crippen molar-refractivity contribution in [2.75, 3.05) is 13.1 Å². The van der Waals surface area contributed by atoms with E-state index in [0.717, 1.165) is 12.0 Å². The van der Waals surface area contributed by atoms with E-state index in [-0.39, 0.29) is 18.2 Å². The normalized spacial score (nSPS) is 12.5. The van der Waals surface area contributed by atoms with Crippen molar-refractivity contribution in [1.29, 1.82) is 0 Å². The van der Waals surface area contributed by atoms with E-state index in [2.05, 4.69) is 33.5 Å². The maximum absolute atomic E-state index is 12.7. The van der Waals surface area contributed by atoms with Gasteiger partial charge in [0.2, 0.25) is 17.7 Å². The van der Waals surface area contributed by atoms with E-state index in [4.69, 9.17) is 7.85 Å². The highest BCUT2D eigenvalue weighted by Crippen LogP contribution is 2.08. The largest absolute Gasteiger partial charge is 0.356 e. The van der Waals surface area contributed by atoms with Crippen molar-refractivity contribution < 1.29 is 19.2 Å². The first-order valence-corrected chi connectivity index (χ1v) is 10.8. The van der Waals surface area contributed by atoms with E-state index < -0.39 is 23.7 Å². The van der Waals surface area contributed by atoms with Crippen LogP contribution in [-0.4, -0.2) is 56.4 Å². The molecule has 0 aliphatic rings. The van der Waals surface area contributed by atoms with Gasteiger partial charge in [-0.3, -0.25) is 19.1 Å². The Bertz CT molecular complexity index is 721. The molecule has 1 aromatic carbocycles. The van der Waals surface area contributed by atoms with Crippen LogP contribution in [0, 0.1) is 0 Å². The lowest BCUT2D eigenvalue weighted by Crippen LogP contribution is -2.51. The zero-order chi connectivity index (χ0) is 23.1. The molecule has 4 N–H and O–H groups in total. The van der Waals surface area contributed by atoms with Crippen molar-refractivity contribution in [3.8, 4) is 0 Å². The lowest BCUT2D eigenvalue weighted by atomic mass is 9.91. The first-order valence-electron chi connectivity index (χ1n) is 10.4. The first kappa shape index (κ1) is 26.7. The van der Waals surface area contributed by atoms with Crippen molar-refractivity contribution >= 4 is 44.1 Å². The first-order chi connectivity index (χ1) is 14.8. The van der Waals surface area contributed by atoms with Crippen LogP contribution in [0.3, 0.4) is 0 Å². The van der Waals surface area contributed by atoms with Gasteiger partial charge in [0.25, 0.3) is 0 Å². The Hall–Kier alpha value is -2.33. The molecule has 0 spiro atoms. The number of hydrogen-bond acceptors (Lipinski definition) is 6. The van der Waals surface area contributed by atoms with E-state index in [0.29, 0.717) is 38.8 Å². The van der Waals surface area contributed by atoms with Gasteiger partial charge >= 0.3 is 0 Å². The summed E-state index contributed by atoms with van der Waals surface area (Å²) in [6, 6.07) is 8.21. The summed E-state index contributed by atoms with van der Waals surface area (Å²) in [7, 11) is 5.43. The Morgan fingerprint density at radius 2 is 1.65 bits per heavy atom. The summed E-state index contributed by atoms with van der Waals surface area (Å²) >= 11 is 3.81. The molecule has 168 valence electrons. The Balaban J connectivity index is 2.52. The molecular formula is C21H31BN4O4S. The fourth-order valence-electron chi connectivity index (χ4n) is 3.02. The Kier molecular flexibility index (Phi) is 13.3. The summed E-state index contributed by atoms with van der Waals surface area (Å²) in [5.41, 5.74) is 0.483. The SMILES string of the molecule is [B]C(=O)[C@H](CCCNC(=O)CCNS)NC(=O)[C@H](CCCc1ccccc1)NC(C)=O. The molecule has 0 aromatic heterocycles. The van der Waals surface area contributed by atoms with Crippen LogP contribution in [0.5, 0.6) is 0 Å². The monoisotopic (exact) mass is 446 g/mol. The number of thiol groups is 1. The van der Waals surface area contributed by atoms with Gasteiger partial charge in [0.15, 0.2) is 7.85 Å². The number of hydrogen-bond donors (Lipinski definition) is 5. The van der Waals surface area contributed by atoms with Crippen LogP contribution in [0.2, 0.25) is 0 Å². The topological polar surface area (TPSA) is 116 Å². The molecule has 31 heavy (non-hydrogen) atoms. The number of nitrogens with one attached hydrogen (secondary N) is 4. The summed E-state index contributed by atoms with van der Waals surface area (Å²) < 4.78 is 2.59. The third-order valence-electron chi connectivity index (χ3n) is 4.61. The van der Waals surface area contributed by atoms with Crippen LogP contribution in [0.1, 0.15) is 44.6 Å². The Labute approximate surface area is 190 Å². The quantitative estimate of drug-likeness (QED) is 0.152. The number of rotatable bonds is 15. The van der Waals surface area contributed by atoms with Crippen LogP contribution in [0.4, 0.5) is 0 Å². The van der Waals surface area contributed by atoms with Crippen LogP contribution in [-0.2, 0) is 25.6 Å². The lowest BCUT2D eigenvalue weighted by molar-refractivity contribution is -0.130. The number of carbonyl (C=O) groups excluding carboxylic acids is 4. The van der Waals surface area contributed by atoms with Gasteiger partial charge in [0.1, 0.15) is 6.04 Å². The van der Waals surface area contributed by atoms with Crippen molar-refractivity contribution in [2.24, 2.45) is 0 Å². The highest BCUT2D eigenvalue weighted by atomic mass is 32.1. The molecular weight excluding hydrogens is 415 g/mol. The zero-order valence-corrected chi connectivity index (χ0v) is 18.8. The van der Waals surface area contributed by atoms with E-state index in [1.54, 1.807) is 0 Å². The van der Waals surface area contributed by atoms with Crippen molar-refractivity contribution in [1.82, 2.24) is 20.7 Å². The predicted octanol–water partition coefficient (Wildman–Crippen LogP) is 0.415. The fourth-order valence-corrected chi connectivity index (χ4v) is 3.13. The van der Waals surface area contributed by atoms with Crippen molar-refractivity contribution in [3.05, 3.63) is 35.9 Å². The number of benzene rings is 1. The molecule has 1 aromatic rings. The number of amides is 3. The summed E-state index contributed by atoms with van der Waals surface area (Å²) in [6.07, 6.45) is 2.93. The van der Waals surface area contributed by atoms with Gasteiger partial charge < -0.3 is 20.7 Å². The number of aryl methyl sites for hydroxylation is 1. The molecule has 2 radical (unpaired) electrons. The fraction of sp³-hybridized carbons (Fsp3) is 0.524. The zero-order valence-electron chi connectivity index (χ0n) is 17.9. The van der Waals surface area contributed by atoms with Gasteiger partial charge in [0, 0.05) is 26.4 Å². The molecule has 1 rings (SSSR count). The average Bonchev–Trinajstić information content (AvgIpc) is 2.73. The van der Waals surface area contributed by atoms with Gasteiger partial charge in [-0.15, -0.1) is 0 Å². The second-order valence-corrected chi connectivity index (χ2v) is 7.56. The maximum atomic E-state index is 12.7. The van der Waals surface area contributed by atoms with Crippen LogP contribution >= 0.6 is 12.8 Å². The lowest BCUT2D eigenvalue weighted by Gasteiger charge is -2.22. The molecule has 10 heteroatoms. The highest BCUT2D eigenvalue weighted by molar-refractivity contribution is 7.78. The van der Waals surface area contributed by atoms with Crippen LogP contribution in [0.25, 0.3) is 0 Å². The Morgan fingerprint density at radius 1 is 0.968 bits per heavy atom. The molecule has 0 saturated carbocycles. The standard InChI is InChI=1S/C21H31BN4O4S/c1-15(27)25-18(10-5-9-16-7-3-2-4-8-16)21(30)26-17(20(22)29)11-6-13-23-19(28)12-14-24-31/h2-4,7-8,17-18,24,31H,5-6,9-14H2,1H3,(H,23,28)(H,25,27)(H,26,30)/t17-,18-/m0/s1. The third-order valence-corrected chi connectivity index (χ3v) is 4.83. The molecule has 8 nitrogen and oxygen atoms in total. The summed E-state index contributed by atoms with van der Waals surface area (Å²) in [6.45, 7) is 2.15. The minimum absolute atomic E-state index is 0.134. The van der Waals surface area contributed by atoms with Gasteiger partial charge in [-0.1, -0.05) is 43.1 Å². The maximum Gasteiger partial charge on any atom is 0.243 e. The van der Waals surface area contributed by atoms with Crippen LogP contribution < -0.4 is 20.7 Å². The summed E-state index contributed by atoms with van der Waals surface area (Å²) in [4.78, 5) is 47.5. The smallest absolute Gasteiger partial charge is 0.243 e. The minimum atomic E-state index is -0.881. The van der Waals surface area contributed by atoms with Crippen molar-refractivity contribution in [3.63, 3.8) is 0 Å². The molecule has 0 unspecified atom stereocenters. The molecule has 0 heterocycles.